The van der Waals surface area contributed by atoms with E-state index in [9.17, 15) is 4.79 Å². The maximum Gasteiger partial charge on any atom is 0.253 e. The van der Waals surface area contributed by atoms with Gasteiger partial charge in [-0.05, 0) is 44.0 Å². The molecule has 3 fully saturated rings. The molecule has 102 valence electrons. The number of hydrogen-bond acceptors (Lipinski definition) is 3. The molecule has 2 bridgehead atoms. The number of piperidine rings is 3. The molecule has 1 unspecified atom stereocenters. The predicted molar refractivity (Wildman–Crippen MR) is 76.4 cm³/mol. The average molecular weight is 259 g/mol. The van der Waals surface area contributed by atoms with Gasteiger partial charge in [-0.2, -0.15) is 0 Å². The topological polar surface area (TPSA) is 44.4 Å². The van der Waals surface area contributed by atoms with Crippen molar-refractivity contribution in [1.29, 1.82) is 0 Å². The fourth-order valence-electron chi connectivity index (χ4n) is 3.27. The molecule has 4 rings (SSSR count). The Bertz CT molecular complexity index is 466. The molecule has 1 aromatic rings. The molecule has 3 saturated heterocycles. The SMILES string of the molecule is CNc1ccccc1C(=O)NC1CN2CCC1CC2. The van der Waals surface area contributed by atoms with E-state index in [1.54, 1.807) is 0 Å². The summed E-state index contributed by atoms with van der Waals surface area (Å²) in [5.41, 5.74) is 1.63. The van der Waals surface area contributed by atoms with Crippen LogP contribution < -0.4 is 10.6 Å². The smallest absolute Gasteiger partial charge is 0.253 e. The van der Waals surface area contributed by atoms with Crippen LogP contribution in [0.3, 0.4) is 0 Å². The van der Waals surface area contributed by atoms with Crippen LogP contribution in [0.1, 0.15) is 23.2 Å². The Kier molecular flexibility index (Phi) is 3.42. The Morgan fingerprint density at radius 1 is 1.26 bits per heavy atom. The Morgan fingerprint density at radius 3 is 2.63 bits per heavy atom. The van der Waals surface area contributed by atoms with E-state index in [1.165, 1.54) is 25.9 Å². The lowest BCUT2D eigenvalue weighted by molar-refractivity contribution is 0.0621. The van der Waals surface area contributed by atoms with Crippen molar-refractivity contribution in [3.05, 3.63) is 29.8 Å². The van der Waals surface area contributed by atoms with Gasteiger partial charge in [0.05, 0.1) is 5.56 Å². The Hall–Kier alpha value is -1.55. The summed E-state index contributed by atoms with van der Waals surface area (Å²) in [5.74, 6) is 0.708. The number of amides is 1. The first-order chi connectivity index (χ1) is 9.28. The van der Waals surface area contributed by atoms with E-state index in [-0.39, 0.29) is 5.91 Å². The summed E-state index contributed by atoms with van der Waals surface area (Å²) in [7, 11) is 1.85. The van der Waals surface area contributed by atoms with Crippen LogP contribution in [-0.4, -0.2) is 43.5 Å². The van der Waals surface area contributed by atoms with Crippen molar-refractivity contribution in [1.82, 2.24) is 10.2 Å². The summed E-state index contributed by atoms with van der Waals surface area (Å²) in [6.07, 6.45) is 2.44. The van der Waals surface area contributed by atoms with Gasteiger partial charge in [-0.25, -0.2) is 0 Å². The number of fused-ring (bicyclic) bond motifs is 3. The van der Waals surface area contributed by atoms with Crippen molar-refractivity contribution >= 4 is 11.6 Å². The van der Waals surface area contributed by atoms with Crippen LogP contribution in [0.15, 0.2) is 24.3 Å². The molecule has 0 saturated carbocycles. The molecule has 3 heterocycles. The van der Waals surface area contributed by atoms with Crippen LogP contribution >= 0.6 is 0 Å². The first kappa shape index (κ1) is 12.5. The van der Waals surface area contributed by atoms with E-state index >= 15 is 0 Å². The van der Waals surface area contributed by atoms with Gasteiger partial charge in [-0.1, -0.05) is 12.1 Å². The van der Waals surface area contributed by atoms with Crippen LogP contribution in [0.2, 0.25) is 0 Å². The largest absolute Gasteiger partial charge is 0.387 e. The molecule has 1 atom stereocenters. The van der Waals surface area contributed by atoms with Gasteiger partial charge in [0.15, 0.2) is 0 Å². The minimum absolute atomic E-state index is 0.0451. The van der Waals surface area contributed by atoms with E-state index in [1.807, 2.05) is 31.3 Å². The van der Waals surface area contributed by atoms with Gasteiger partial charge in [0, 0.05) is 25.3 Å². The van der Waals surface area contributed by atoms with Gasteiger partial charge in [0.2, 0.25) is 0 Å². The molecule has 0 aliphatic carbocycles. The van der Waals surface area contributed by atoms with Gasteiger partial charge in [0.25, 0.3) is 5.91 Å². The van der Waals surface area contributed by atoms with Crippen LogP contribution in [0.25, 0.3) is 0 Å². The summed E-state index contributed by atoms with van der Waals surface area (Å²) in [4.78, 5) is 14.9. The van der Waals surface area contributed by atoms with Crippen LogP contribution in [0, 0.1) is 5.92 Å². The molecule has 1 amide bonds. The lowest BCUT2D eigenvalue weighted by atomic mass is 9.84. The molecule has 0 radical (unpaired) electrons. The highest BCUT2D eigenvalue weighted by Gasteiger charge is 2.35. The van der Waals surface area contributed by atoms with Gasteiger partial charge >= 0.3 is 0 Å². The number of nitrogens with one attached hydrogen (secondary N) is 2. The van der Waals surface area contributed by atoms with Gasteiger partial charge in [-0.15, -0.1) is 0 Å². The quantitative estimate of drug-likeness (QED) is 0.865. The molecule has 1 aromatic carbocycles. The first-order valence-corrected chi connectivity index (χ1v) is 7.08. The van der Waals surface area contributed by atoms with Crippen molar-refractivity contribution < 1.29 is 4.79 Å². The fraction of sp³-hybridized carbons (Fsp3) is 0.533. The van der Waals surface area contributed by atoms with Gasteiger partial charge in [-0.3, -0.25) is 4.79 Å². The molecule has 3 aliphatic rings. The molecule has 4 heteroatoms. The highest BCUT2D eigenvalue weighted by Crippen LogP contribution is 2.28. The summed E-state index contributed by atoms with van der Waals surface area (Å²) in [6.45, 7) is 3.41. The second-order valence-electron chi connectivity index (χ2n) is 5.51. The van der Waals surface area contributed by atoms with Gasteiger partial charge in [0.1, 0.15) is 0 Å². The number of carbonyl (C=O) groups excluding carboxylic acids is 1. The molecule has 2 N–H and O–H groups in total. The number of carbonyl (C=O) groups is 1. The normalized spacial score (nSPS) is 29.0. The maximum absolute atomic E-state index is 12.4. The zero-order valence-electron chi connectivity index (χ0n) is 11.4. The zero-order chi connectivity index (χ0) is 13.2. The van der Waals surface area contributed by atoms with E-state index < -0.39 is 0 Å². The monoisotopic (exact) mass is 259 g/mol. The van der Waals surface area contributed by atoms with Gasteiger partial charge < -0.3 is 15.5 Å². The van der Waals surface area contributed by atoms with E-state index in [4.69, 9.17) is 0 Å². The van der Waals surface area contributed by atoms with Crippen LogP contribution in [0.4, 0.5) is 5.69 Å². The molecule has 0 spiro atoms. The van der Waals surface area contributed by atoms with Crippen molar-refractivity contribution in [3.8, 4) is 0 Å². The fourth-order valence-corrected chi connectivity index (χ4v) is 3.27. The molecule has 3 aliphatic heterocycles. The van der Waals surface area contributed by atoms with E-state index in [2.05, 4.69) is 15.5 Å². The number of rotatable bonds is 3. The maximum atomic E-state index is 12.4. The van der Waals surface area contributed by atoms with Crippen molar-refractivity contribution in [2.75, 3.05) is 32.0 Å². The second kappa shape index (κ2) is 5.21. The summed E-state index contributed by atoms with van der Waals surface area (Å²) < 4.78 is 0. The van der Waals surface area contributed by atoms with E-state index in [0.29, 0.717) is 12.0 Å². The summed E-state index contributed by atoms with van der Waals surface area (Å²) >= 11 is 0. The second-order valence-corrected chi connectivity index (χ2v) is 5.51. The minimum atomic E-state index is 0.0451. The molecule has 0 aromatic heterocycles. The van der Waals surface area contributed by atoms with E-state index in [0.717, 1.165) is 17.8 Å². The van der Waals surface area contributed by atoms with Crippen molar-refractivity contribution in [2.45, 2.75) is 18.9 Å². The zero-order valence-corrected chi connectivity index (χ0v) is 11.4. The molecular formula is C15H21N3O. The summed E-state index contributed by atoms with van der Waals surface area (Å²) in [6, 6.07) is 7.98. The third kappa shape index (κ3) is 2.45. The predicted octanol–water partition coefficient (Wildman–Crippen LogP) is 1.55. The highest BCUT2D eigenvalue weighted by atomic mass is 16.1. The highest BCUT2D eigenvalue weighted by molar-refractivity contribution is 5.99. The lowest BCUT2D eigenvalue weighted by Gasteiger charge is -2.44. The minimum Gasteiger partial charge on any atom is -0.387 e. The molecule has 4 nitrogen and oxygen atoms in total. The van der Waals surface area contributed by atoms with Crippen molar-refractivity contribution in [3.63, 3.8) is 0 Å². The number of nitrogens with zero attached hydrogens (tertiary/aromatic N) is 1. The first-order valence-electron chi connectivity index (χ1n) is 7.08. The third-order valence-electron chi connectivity index (χ3n) is 4.41. The number of anilines is 1. The Balaban J connectivity index is 1.71. The van der Waals surface area contributed by atoms with Crippen LogP contribution in [0.5, 0.6) is 0 Å². The Morgan fingerprint density at radius 2 is 2.00 bits per heavy atom. The molecule has 19 heavy (non-hydrogen) atoms. The third-order valence-corrected chi connectivity index (χ3v) is 4.41. The standard InChI is InChI=1S/C15H21N3O/c1-16-13-5-3-2-4-12(13)15(19)17-14-10-18-8-6-11(14)7-9-18/h2-5,11,14,16H,6-10H2,1H3,(H,17,19). The van der Waals surface area contributed by atoms with Crippen LogP contribution in [-0.2, 0) is 0 Å². The lowest BCUT2D eigenvalue weighted by Crippen LogP contribution is -2.57. The van der Waals surface area contributed by atoms with Crippen molar-refractivity contribution in [2.24, 2.45) is 5.92 Å². The number of para-hydroxylation sites is 1. The number of benzene rings is 1. The molecular weight excluding hydrogens is 238 g/mol. The number of hydrogen-bond donors (Lipinski definition) is 2. The summed E-state index contributed by atoms with van der Waals surface area (Å²) in [5, 5.41) is 6.30. The average Bonchev–Trinajstić information content (AvgIpc) is 2.48. The Labute approximate surface area is 114 Å².